The van der Waals surface area contributed by atoms with E-state index in [2.05, 4.69) is 10.3 Å². The number of pyridine rings is 1. The van der Waals surface area contributed by atoms with Crippen LogP contribution in [0.15, 0.2) is 54.9 Å². The summed E-state index contributed by atoms with van der Waals surface area (Å²) >= 11 is 0. The molecule has 1 unspecified atom stereocenters. The Labute approximate surface area is 162 Å². The second-order valence-corrected chi connectivity index (χ2v) is 4.45. The van der Waals surface area contributed by atoms with E-state index in [1.807, 2.05) is 79.1 Å². The lowest BCUT2D eigenvalue weighted by Crippen LogP contribution is -1.89. The highest BCUT2D eigenvalue weighted by Gasteiger charge is 1.81. The number of halogens is 1. The fraction of sp³-hybridized carbons (Fsp3) is 0.545. The maximum Gasteiger partial charge on any atom is 0.129 e. The van der Waals surface area contributed by atoms with Crippen LogP contribution >= 0.6 is 0 Å². The molecular formula is C22H43FN2O. The van der Waals surface area contributed by atoms with Gasteiger partial charge in [-0.25, -0.2) is 4.39 Å². The molecule has 0 aliphatic carbocycles. The van der Waals surface area contributed by atoms with Crippen molar-refractivity contribution in [2.45, 2.75) is 68.0 Å². The average Bonchev–Trinajstić information content (AvgIpc) is 2.66. The summed E-state index contributed by atoms with van der Waals surface area (Å²) in [6, 6.07) is 5.72. The molecule has 0 aliphatic heterocycles. The fourth-order valence-electron chi connectivity index (χ4n) is 0.578. The molecule has 4 heteroatoms. The van der Waals surface area contributed by atoms with Crippen LogP contribution in [0.5, 0.6) is 0 Å². The minimum absolute atomic E-state index is 0.255. The number of aromatic nitrogens is 1. The van der Waals surface area contributed by atoms with Crippen molar-refractivity contribution in [3.05, 3.63) is 54.9 Å². The summed E-state index contributed by atoms with van der Waals surface area (Å²) < 4.78 is 11.6. The second kappa shape index (κ2) is 43.6. The van der Waals surface area contributed by atoms with E-state index < -0.39 is 6.17 Å². The predicted octanol–water partition coefficient (Wildman–Crippen LogP) is 6.43. The summed E-state index contributed by atoms with van der Waals surface area (Å²) in [5.41, 5.74) is 0. The summed E-state index contributed by atoms with van der Waals surface area (Å²) in [4.78, 5) is 13.6. The summed E-state index contributed by atoms with van der Waals surface area (Å²) in [6.07, 6.45) is 10.6. The third-order valence-electron chi connectivity index (χ3n) is 1.86. The molecule has 0 fully saturated rings. The number of nitrogens with one attached hydrogen (secondary N) is 1. The maximum atomic E-state index is 11.6. The Balaban J connectivity index is -0.0000000704. The number of carbonyl (C=O) groups is 1. The van der Waals surface area contributed by atoms with Crippen molar-refractivity contribution in [2.24, 2.45) is 0 Å². The molecule has 1 aromatic heterocycles. The monoisotopic (exact) mass is 370 g/mol. The Morgan fingerprint density at radius 2 is 1.38 bits per heavy atom. The minimum Gasteiger partial charge on any atom is -0.323 e. The lowest BCUT2D eigenvalue weighted by molar-refractivity contribution is -0.116. The minimum atomic E-state index is -0.782. The molecule has 1 atom stereocenters. The van der Waals surface area contributed by atoms with Gasteiger partial charge in [-0.2, -0.15) is 0 Å². The van der Waals surface area contributed by atoms with Crippen molar-refractivity contribution in [2.75, 3.05) is 14.1 Å². The van der Waals surface area contributed by atoms with E-state index in [4.69, 9.17) is 0 Å². The van der Waals surface area contributed by atoms with E-state index in [-0.39, 0.29) is 5.78 Å². The standard InChI is InChI=1S/C5H9F.C5H5N.C4H8O.C4H8.C2H7N.C2H6/c1-3-4-5(2)6;1-2-4-6-5-3-1;1-3-4(2)5;1-3-4-2;1-3-2;1-2/h3-5H,1-2H3;1-5H;3H2,1-2H3;3-4H,1-2H3;3H,1-2H3;1-2H3/b4-3-;;;4-3+;;. The number of rotatable bonds is 2. The zero-order valence-corrected chi connectivity index (χ0v) is 18.7. The normalized spacial score (nSPS) is 9.35. The van der Waals surface area contributed by atoms with Gasteiger partial charge in [-0.3, -0.25) is 4.98 Å². The van der Waals surface area contributed by atoms with E-state index in [0.717, 1.165) is 0 Å². The SMILES string of the molecule is C/C=C/C.C/C=C\C(C)F.CC.CCC(C)=O.CNC.c1ccncc1. The van der Waals surface area contributed by atoms with Gasteiger partial charge < -0.3 is 10.1 Å². The van der Waals surface area contributed by atoms with Gasteiger partial charge in [0.25, 0.3) is 0 Å². The van der Waals surface area contributed by atoms with E-state index >= 15 is 0 Å². The van der Waals surface area contributed by atoms with Crippen LogP contribution in [-0.2, 0) is 4.79 Å². The van der Waals surface area contributed by atoms with E-state index in [1.165, 1.54) is 13.0 Å². The first-order chi connectivity index (χ1) is 12.4. The summed E-state index contributed by atoms with van der Waals surface area (Å²) in [7, 11) is 3.75. The lowest BCUT2D eigenvalue weighted by atomic mass is 10.4. The molecule has 26 heavy (non-hydrogen) atoms. The van der Waals surface area contributed by atoms with E-state index in [0.29, 0.717) is 6.42 Å². The molecule has 1 aromatic rings. The molecule has 3 nitrogen and oxygen atoms in total. The molecule has 0 radical (unpaired) electrons. The Hall–Kier alpha value is -1.81. The Kier molecular flexibility index (Phi) is 59.2. The number of carbonyl (C=O) groups excluding carboxylic acids is 1. The molecule has 0 amide bonds. The third kappa shape index (κ3) is 96.0. The first kappa shape index (κ1) is 35.3. The van der Waals surface area contributed by atoms with Crippen molar-refractivity contribution >= 4 is 5.78 Å². The molecule has 0 aliphatic rings. The Morgan fingerprint density at radius 3 is 1.42 bits per heavy atom. The molecule has 0 bridgehead atoms. The lowest BCUT2D eigenvalue weighted by Gasteiger charge is -1.82. The van der Waals surface area contributed by atoms with Crippen molar-refractivity contribution in [1.29, 1.82) is 0 Å². The second-order valence-electron chi connectivity index (χ2n) is 4.45. The first-order valence-electron chi connectivity index (χ1n) is 9.14. The number of hydrogen-bond donors (Lipinski definition) is 1. The van der Waals surface area contributed by atoms with E-state index in [9.17, 15) is 9.18 Å². The fourth-order valence-corrected chi connectivity index (χ4v) is 0.578. The predicted molar refractivity (Wildman–Crippen MR) is 117 cm³/mol. The highest BCUT2D eigenvalue weighted by atomic mass is 19.1. The summed E-state index contributed by atoms with van der Waals surface area (Å²) in [5.74, 6) is 0.255. The molecule has 1 heterocycles. The smallest absolute Gasteiger partial charge is 0.129 e. The largest absolute Gasteiger partial charge is 0.323 e. The van der Waals surface area contributed by atoms with Crippen LogP contribution in [0.3, 0.4) is 0 Å². The zero-order chi connectivity index (χ0) is 21.6. The van der Waals surface area contributed by atoms with Crippen LogP contribution < -0.4 is 5.32 Å². The Morgan fingerprint density at radius 1 is 1.04 bits per heavy atom. The van der Waals surface area contributed by atoms with Gasteiger partial charge in [0.2, 0.25) is 0 Å². The van der Waals surface area contributed by atoms with Gasteiger partial charge in [-0.05, 0) is 60.8 Å². The van der Waals surface area contributed by atoms with Gasteiger partial charge in [-0.1, -0.05) is 51.1 Å². The van der Waals surface area contributed by atoms with Gasteiger partial charge in [0, 0.05) is 18.8 Å². The van der Waals surface area contributed by atoms with Crippen molar-refractivity contribution < 1.29 is 9.18 Å². The highest BCUT2D eigenvalue weighted by Crippen LogP contribution is 1.87. The van der Waals surface area contributed by atoms with Gasteiger partial charge in [0.05, 0.1) is 0 Å². The zero-order valence-electron chi connectivity index (χ0n) is 18.7. The summed E-state index contributed by atoms with van der Waals surface area (Å²) in [5, 5.41) is 2.75. The van der Waals surface area contributed by atoms with Crippen LogP contribution in [-0.4, -0.2) is 31.0 Å². The quantitative estimate of drug-likeness (QED) is 0.610. The van der Waals surface area contributed by atoms with Crippen LogP contribution in [0.25, 0.3) is 0 Å². The number of nitrogens with zero attached hydrogens (tertiary/aromatic N) is 1. The number of Topliss-reactive ketones (excluding diaryl/α,β-unsaturated/α-hetero) is 1. The first-order valence-corrected chi connectivity index (χ1v) is 9.14. The van der Waals surface area contributed by atoms with Crippen molar-refractivity contribution in [3.63, 3.8) is 0 Å². The van der Waals surface area contributed by atoms with E-state index in [1.54, 1.807) is 32.3 Å². The average molecular weight is 371 g/mol. The number of allylic oxidation sites excluding steroid dienone is 4. The van der Waals surface area contributed by atoms with Crippen LogP contribution in [0.1, 0.15) is 61.8 Å². The third-order valence-corrected chi connectivity index (χ3v) is 1.86. The van der Waals surface area contributed by atoms with Gasteiger partial charge in [0.1, 0.15) is 12.0 Å². The number of ketones is 1. The van der Waals surface area contributed by atoms with Gasteiger partial charge in [-0.15, -0.1) is 0 Å². The molecule has 0 saturated heterocycles. The molecule has 1 N–H and O–H groups in total. The number of hydrogen-bond acceptors (Lipinski definition) is 3. The summed E-state index contributed by atoms with van der Waals surface area (Å²) in [6.45, 7) is 14.7. The molecule has 0 aromatic carbocycles. The highest BCUT2D eigenvalue weighted by molar-refractivity contribution is 5.74. The molecule has 154 valence electrons. The van der Waals surface area contributed by atoms with Gasteiger partial charge >= 0.3 is 0 Å². The van der Waals surface area contributed by atoms with Gasteiger partial charge in [0.15, 0.2) is 0 Å². The Bertz CT molecular complexity index is 333. The van der Waals surface area contributed by atoms with Crippen molar-refractivity contribution in [1.82, 2.24) is 10.3 Å². The van der Waals surface area contributed by atoms with Crippen LogP contribution in [0, 0.1) is 0 Å². The molecule has 0 spiro atoms. The van der Waals surface area contributed by atoms with Crippen LogP contribution in [0.2, 0.25) is 0 Å². The molecule has 0 saturated carbocycles. The van der Waals surface area contributed by atoms with Crippen LogP contribution in [0.4, 0.5) is 4.39 Å². The number of alkyl halides is 1. The molecular weight excluding hydrogens is 327 g/mol. The topological polar surface area (TPSA) is 42.0 Å². The van der Waals surface area contributed by atoms with Crippen molar-refractivity contribution in [3.8, 4) is 0 Å². The molecule has 1 rings (SSSR count). The maximum absolute atomic E-state index is 11.6.